The van der Waals surface area contributed by atoms with Crippen LogP contribution in [0.5, 0.6) is 5.75 Å². The van der Waals surface area contributed by atoms with Gasteiger partial charge in [-0.2, -0.15) is 9.29 Å². The maximum Gasteiger partial charge on any atom is 0.246 e. The average molecular weight is 503 g/mol. The van der Waals surface area contributed by atoms with Gasteiger partial charge < -0.3 is 14.2 Å². The first-order chi connectivity index (χ1) is 16.8. The number of hydrogen-bond acceptors (Lipinski definition) is 7. The highest BCUT2D eigenvalue weighted by molar-refractivity contribution is 7.89. The first kappa shape index (κ1) is 24.8. The van der Waals surface area contributed by atoms with Gasteiger partial charge in [0.25, 0.3) is 0 Å². The van der Waals surface area contributed by atoms with Crippen LogP contribution in [-0.4, -0.2) is 60.4 Å². The Morgan fingerprint density at radius 2 is 1.80 bits per heavy atom. The molecule has 186 valence electrons. The average Bonchev–Trinajstić information content (AvgIpc) is 3.33. The fraction of sp³-hybridized carbons (Fsp3) is 0.375. The second-order valence-electron chi connectivity index (χ2n) is 8.30. The van der Waals surface area contributed by atoms with Gasteiger partial charge in [-0.25, -0.2) is 12.8 Å². The van der Waals surface area contributed by atoms with E-state index in [1.807, 2.05) is 31.2 Å². The van der Waals surface area contributed by atoms with E-state index in [-0.39, 0.29) is 36.4 Å². The van der Waals surface area contributed by atoms with Crippen molar-refractivity contribution in [3.8, 4) is 17.1 Å². The summed E-state index contributed by atoms with van der Waals surface area (Å²) in [6.45, 7) is 3.07. The topological polar surface area (TPSA) is 106 Å². The van der Waals surface area contributed by atoms with Gasteiger partial charge in [-0.05, 0) is 68.3 Å². The van der Waals surface area contributed by atoms with Crippen molar-refractivity contribution < 1.29 is 26.9 Å². The van der Waals surface area contributed by atoms with E-state index in [4.69, 9.17) is 9.26 Å². The Morgan fingerprint density at radius 1 is 1.14 bits per heavy atom. The van der Waals surface area contributed by atoms with E-state index in [1.54, 1.807) is 7.05 Å². The van der Waals surface area contributed by atoms with Crippen LogP contribution in [0, 0.1) is 11.7 Å². The Labute approximate surface area is 203 Å². The highest BCUT2D eigenvalue weighted by atomic mass is 32.2. The molecular formula is C24H27FN4O5S. The van der Waals surface area contributed by atoms with Crippen molar-refractivity contribution in [1.82, 2.24) is 19.3 Å². The van der Waals surface area contributed by atoms with Crippen molar-refractivity contribution in [3.05, 3.63) is 60.2 Å². The molecule has 4 rings (SSSR count). The Morgan fingerprint density at radius 3 is 2.43 bits per heavy atom. The second kappa shape index (κ2) is 10.5. The Balaban J connectivity index is 1.32. The predicted molar refractivity (Wildman–Crippen MR) is 125 cm³/mol. The molecule has 0 bridgehead atoms. The minimum absolute atomic E-state index is 0.0421. The van der Waals surface area contributed by atoms with E-state index in [1.165, 1.54) is 21.3 Å². The summed E-state index contributed by atoms with van der Waals surface area (Å²) in [4.78, 5) is 18.9. The molecule has 0 unspecified atom stereocenters. The number of halogens is 1. The number of amides is 1. The van der Waals surface area contributed by atoms with Gasteiger partial charge in [0, 0.05) is 31.6 Å². The van der Waals surface area contributed by atoms with Gasteiger partial charge in [0.15, 0.2) is 0 Å². The zero-order chi connectivity index (χ0) is 25.0. The summed E-state index contributed by atoms with van der Waals surface area (Å²) in [6, 6.07) is 12.1. The second-order valence-corrected chi connectivity index (χ2v) is 10.2. The summed E-state index contributed by atoms with van der Waals surface area (Å²) in [5.74, 6) is 0.563. The number of sulfonamides is 1. The van der Waals surface area contributed by atoms with Crippen molar-refractivity contribution in [2.75, 3.05) is 26.7 Å². The molecule has 1 aliphatic heterocycles. The third-order valence-electron chi connectivity index (χ3n) is 5.89. The SMILES string of the molecule is CCOc1ccc(-c2noc(CN(C)C(=O)C3CCN(S(=O)(=O)c4ccc(F)cc4)CC3)n2)cc1. The van der Waals surface area contributed by atoms with Gasteiger partial charge in [-0.1, -0.05) is 5.16 Å². The molecule has 1 amide bonds. The lowest BCUT2D eigenvalue weighted by molar-refractivity contribution is -0.136. The van der Waals surface area contributed by atoms with Gasteiger partial charge in [0.1, 0.15) is 11.6 Å². The standard InChI is InChI=1S/C24H27FN4O5S/c1-3-33-20-8-4-17(5-9-20)23-26-22(34-27-23)16-28(2)24(30)18-12-14-29(15-13-18)35(31,32)21-10-6-19(25)7-11-21/h4-11,18H,3,12-16H2,1-2H3. The molecule has 1 saturated heterocycles. The highest BCUT2D eigenvalue weighted by Gasteiger charge is 2.33. The Bertz CT molecular complexity index is 1250. The van der Waals surface area contributed by atoms with E-state index < -0.39 is 15.8 Å². The molecule has 1 aliphatic rings. The van der Waals surface area contributed by atoms with Gasteiger partial charge >= 0.3 is 0 Å². The van der Waals surface area contributed by atoms with Crippen LogP contribution in [0.4, 0.5) is 4.39 Å². The minimum atomic E-state index is -3.73. The number of ether oxygens (including phenoxy) is 1. The predicted octanol–water partition coefficient (Wildman–Crippen LogP) is 3.33. The number of rotatable bonds is 8. The quantitative estimate of drug-likeness (QED) is 0.465. The zero-order valence-electron chi connectivity index (χ0n) is 19.6. The fourth-order valence-electron chi connectivity index (χ4n) is 3.99. The summed E-state index contributed by atoms with van der Waals surface area (Å²) in [6.07, 6.45) is 0.787. The fourth-order valence-corrected chi connectivity index (χ4v) is 5.46. The normalized spacial score (nSPS) is 15.2. The van der Waals surface area contributed by atoms with E-state index in [0.29, 0.717) is 31.2 Å². The molecule has 0 spiro atoms. The molecule has 2 heterocycles. The van der Waals surface area contributed by atoms with Crippen LogP contribution in [0.15, 0.2) is 57.9 Å². The molecule has 0 saturated carbocycles. The lowest BCUT2D eigenvalue weighted by Crippen LogP contribution is -2.43. The van der Waals surface area contributed by atoms with E-state index >= 15 is 0 Å². The maximum absolute atomic E-state index is 13.1. The molecule has 1 aromatic heterocycles. The Hall–Kier alpha value is -3.31. The molecule has 1 fully saturated rings. The van der Waals surface area contributed by atoms with Gasteiger partial charge in [0.2, 0.25) is 27.6 Å². The first-order valence-electron chi connectivity index (χ1n) is 11.3. The van der Waals surface area contributed by atoms with Crippen LogP contribution in [0.2, 0.25) is 0 Å². The highest BCUT2D eigenvalue weighted by Crippen LogP contribution is 2.26. The van der Waals surface area contributed by atoms with Crippen molar-refractivity contribution >= 4 is 15.9 Å². The molecule has 0 N–H and O–H groups in total. The van der Waals surface area contributed by atoms with Crippen molar-refractivity contribution in [3.63, 3.8) is 0 Å². The number of piperidine rings is 1. The number of carbonyl (C=O) groups is 1. The van der Waals surface area contributed by atoms with Crippen LogP contribution >= 0.6 is 0 Å². The molecule has 9 nitrogen and oxygen atoms in total. The van der Waals surface area contributed by atoms with Crippen LogP contribution in [0.25, 0.3) is 11.4 Å². The monoisotopic (exact) mass is 502 g/mol. The lowest BCUT2D eigenvalue weighted by Gasteiger charge is -2.32. The smallest absolute Gasteiger partial charge is 0.246 e. The maximum atomic E-state index is 13.1. The number of nitrogens with zero attached hydrogens (tertiary/aromatic N) is 4. The van der Waals surface area contributed by atoms with Gasteiger partial charge in [-0.15, -0.1) is 0 Å². The number of benzene rings is 2. The van der Waals surface area contributed by atoms with Crippen LogP contribution in [-0.2, 0) is 21.4 Å². The molecule has 0 radical (unpaired) electrons. The van der Waals surface area contributed by atoms with Crippen molar-refractivity contribution in [2.24, 2.45) is 5.92 Å². The molecular weight excluding hydrogens is 475 g/mol. The van der Waals surface area contributed by atoms with E-state index in [9.17, 15) is 17.6 Å². The van der Waals surface area contributed by atoms with E-state index in [2.05, 4.69) is 10.1 Å². The molecule has 2 aromatic carbocycles. The van der Waals surface area contributed by atoms with Crippen molar-refractivity contribution in [1.29, 1.82) is 0 Å². The lowest BCUT2D eigenvalue weighted by atomic mass is 9.97. The van der Waals surface area contributed by atoms with E-state index in [0.717, 1.165) is 23.4 Å². The summed E-state index contributed by atoms with van der Waals surface area (Å²) in [7, 11) is -2.07. The third kappa shape index (κ3) is 5.68. The summed E-state index contributed by atoms with van der Waals surface area (Å²) < 4.78 is 50.8. The number of aromatic nitrogens is 2. The molecule has 0 aliphatic carbocycles. The zero-order valence-corrected chi connectivity index (χ0v) is 20.4. The minimum Gasteiger partial charge on any atom is -0.494 e. The number of carbonyl (C=O) groups excluding carboxylic acids is 1. The molecule has 0 atom stereocenters. The molecule has 35 heavy (non-hydrogen) atoms. The largest absolute Gasteiger partial charge is 0.494 e. The van der Waals surface area contributed by atoms with Gasteiger partial charge in [-0.3, -0.25) is 4.79 Å². The van der Waals surface area contributed by atoms with Crippen molar-refractivity contribution in [2.45, 2.75) is 31.2 Å². The van der Waals surface area contributed by atoms with Gasteiger partial charge in [0.05, 0.1) is 18.0 Å². The molecule has 11 heteroatoms. The van der Waals surface area contributed by atoms with Crippen LogP contribution < -0.4 is 4.74 Å². The van der Waals surface area contributed by atoms with Crippen LogP contribution in [0.3, 0.4) is 0 Å². The number of hydrogen-bond donors (Lipinski definition) is 0. The first-order valence-corrected chi connectivity index (χ1v) is 12.8. The van der Waals surface area contributed by atoms with Crippen LogP contribution in [0.1, 0.15) is 25.7 Å². The Kier molecular flexibility index (Phi) is 7.46. The molecule has 3 aromatic rings. The third-order valence-corrected chi connectivity index (χ3v) is 7.81. The summed E-state index contributed by atoms with van der Waals surface area (Å²) in [5.41, 5.74) is 0.771. The summed E-state index contributed by atoms with van der Waals surface area (Å²) >= 11 is 0. The summed E-state index contributed by atoms with van der Waals surface area (Å²) in [5, 5.41) is 4.00.